The Morgan fingerprint density at radius 2 is 1.96 bits per heavy atom. The molecule has 1 heterocycles. The van der Waals surface area contributed by atoms with Crippen LogP contribution in [0.1, 0.15) is 45.9 Å². The Kier molecular flexibility index (Phi) is 6.98. The summed E-state index contributed by atoms with van der Waals surface area (Å²) in [4.78, 5) is 28.3. The van der Waals surface area contributed by atoms with Gasteiger partial charge in [-0.1, -0.05) is 26.0 Å². The fourth-order valence-corrected chi connectivity index (χ4v) is 2.66. The summed E-state index contributed by atoms with van der Waals surface area (Å²) in [6, 6.07) is 8.01. The molecule has 0 aliphatic carbocycles. The summed E-state index contributed by atoms with van der Waals surface area (Å²) in [5, 5.41) is 5.88. The van der Waals surface area contributed by atoms with Gasteiger partial charge in [-0.05, 0) is 31.9 Å². The molecule has 136 valence electrons. The zero-order valence-electron chi connectivity index (χ0n) is 15.3. The van der Waals surface area contributed by atoms with Gasteiger partial charge in [-0.15, -0.1) is 0 Å². The fourth-order valence-electron chi connectivity index (χ4n) is 2.66. The number of amides is 2. The van der Waals surface area contributed by atoms with E-state index in [0.717, 1.165) is 36.1 Å². The van der Waals surface area contributed by atoms with E-state index < -0.39 is 0 Å². The smallest absolute Gasteiger partial charge is 0.240 e. The molecule has 0 aliphatic rings. The first kappa shape index (κ1) is 19.0. The van der Waals surface area contributed by atoms with Crippen molar-refractivity contribution < 1.29 is 9.59 Å². The Balaban J connectivity index is 2.10. The maximum atomic E-state index is 12.3. The number of hydrogen-bond acceptors (Lipinski definition) is 3. The summed E-state index contributed by atoms with van der Waals surface area (Å²) >= 11 is 0. The van der Waals surface area contributed by atoms with E-state index in [2.05, 4.69) is 15.6 Å². The van der Waals surface area contributed by atoms with Crippen molar-refractivity contribution >= 4 is 22.8 Å². The van der Waals surface area contributed by atoms with Crippen molar-refractivity contribution in [3.63, 3.8) is 0 Å². The Labute approximate surface area is 149 Å². The molecular weight excluding hydrogens is 316 g/mol. The molecule has 0 aliphatic heterocycles. The van der Waals surface area contributed by atoms with Crippen LogP contribution in [0.2, 0.25) is 0 Å². The summed E-state index contributed by atoms with van der Waals surface area (Å²) in [6.07, 6.45) is 2.91. The molecule has 2 N–H and O–H groups in total. The molecule has 6 heteroatoms. The monoisotopic (exact) mass is 344 g/mol. The Morgan fingerprint density at radius 1 is 1.20 bits per heavy atom. The Hall–Kier alpha value is -2.37. The van der Waals surface area contributed by atoms with Crippen LogP contribution in [-0.4, -0.2) is 34.0 Å². The van der Waals surface area contributed by atoms with E-state index in [-0.39, 0.29) is 24.4 Å². The number of hydrogen-bond donors (Lipinski definition) is 2. The zero-order chi connectivity index (χ0) is 18.2. The quantitative estimate of drug-likeness (QED) is 0.686. The molecule has 1 unspecified atom stereocenters. The molecule has 0 bridgehead atoms. The van der Waals surface area contributed by atoms with Gasteiger partial charge in [0.15, 0.2) is 0 Å². The van der Waals surface area contributed by atoms with Crippen LogP contribution in [0.5, 0.6) is 0 Å². The number of imidazole rings is 1. The lowest BCUT2D eigenvalue weighted by molar-refractivity contribution is -0.122. The highest BCUT2D eigenvalue weighted by molar-refractivity contribution is 5.81. The van der Waals surface area contributed by atoms with E-state index in [1.54, 1.807) is 0 Å². The van der Waals surface area contributed by atoms with Crippen LogP contribution in [0.15, 0.2) is 24.3 Å². The van der Waals surface area contributed by atoms with E-state index in [4.69, 9.17) is 0 Å². The van der Waals surface area contributed by atoms with Crippen LogP contribution in [-0.2, 0) is 22.6 Å². The number of para-hydroxylation sites is 2. The Bertz CT molecular complexity index is 723. The first-order chi connectivity index (χ1) is 12.0. The molecule has 1 aromatic heterocycles. The Morgan fingerprint density at radius 3 is 2.68 bits per heavy atom. The van der Waals surface area contributed by atoms with Crippen molar-refractivity contribution in [2.75, 3.05) is 6.54 Å². The topological polar surface area (TPSA) is 76.0 Å². The SMILES string of the molecule is CCC(=O)NCCCc1nc2ccccc2n1CC(=O)NC(C)CC. The van der Waals surface area contributed by atoms with E-state index in [9.17, 15) is 9.59 Å². The van der Waals surface area contributed by atoms with E-state index in [0.29, 0.717) is 13.0 Å². The number of nitrogens with one attached hydrogen (secondary N) is 2. The molecule has 6 nitrogen and oxygen atoms in total. The van der Waals surface area contributed by atoms with Gasteiger partial charge in [0.2, 0.25) is 11.8 Å². The van der Waals surface area contributed by atoms with Crippen LogP contribution < -0.4 is 10.6 Å². The van der Waals surface area contributed by atoms with Crippen molar-refractivity contribution in [1.29, 1.82) is 0 Å². The second kappa shape index (κ2) is 9.20. The van der Waals surface area contributed by atoms with Crippen LogP contribution in [0.25, 0.3) is 11.0 Å². The molecule has 1 aromatic carbocycles. The minimum absolute atomic E-state index is 0.00182. The molecule has 0 spiro atoms. The summed E-state index contributed by atoms with van der Waals surface area (Å²) in [7, 11) is 0. The number of carbonyl (C=O) groups excluding carboxylic acids is 2. The molecule has 2 aromatic rings. The van der Waals surface area contributed by atoms with Gasteiger partial charge in [-0.2, -0.15) is 0 Å². The lowest BCUT2D eigenvalue weighted by Crippen LogP contribution is -2.35. The summed E-state index contributed by atoms with van der Waals surface area (Å²) in [6.45, 7) is 6.77. The van der Waals surface area contributed by atoms with E-state index in [1.165, 1.54) is 0 Å². The van der Waals surface area contributed by atoms with Crippen molar-refractivity contribution in [2.45, 2.75) is 59.0 Å². The van der Waals surface area contributed by atoms with Gasteiger partial charge in [0.25, 0.3) is 0 Å². The van der Waals surface area contributed by atoms with E-state index in [1.807, 2.05) is 49.6 Å². The standard InChI is InChI=1S/C19H28N4O2/c1-4-14(3)21-19(25)13-23-16-10-7-6-9-15(16)22-17(23)11-8-12-20-18(24)5-2/h6-7,9-10,14H,4-5,8,11-13H2,1-3H3,(H,20,24)(H,21,25). The third-order valence-electron chi connectivity index (χ3n) is 4.28. The average Bonchev–Trinajstić information content (AvgIpc) is 2.95. The van der Waals surface area contributed by atoms with Crippen LogP contribution in [0.4, 0.5) is 0 Å². The van der Waals surface area contributed by atoms with Crippen molar-refractivity contribution in [2.24, 2.45) is 0 Å². The number of aryl methyl sites for hydroxylation is 1. The highest BCUT2D eigenvalue weighted by atomic mass is 16.2. The molecule has 2 rings (SSSR count). The maximum absolute atomic E-state index is 12.3. The minimum atomic E-state index is -0.00182. The van der Waals surface area contributed by atoms with Crippen molar-refractivity contribution in [3.05, 3.63) is 30.1 Å². The fraction of sp³-hybridized carbons (Fsp3) is 0.526. The molecule has 0 radical (unpaired) electrons. The average molecular weight is 344 g/mol. The number of fused-ring (bicyclic) bond motifs is 1. The van der Waals surface area contributed by atoms with Gasteiger partial charge < -0.3 is 15.2 Å². The lowest BCUT2D eigenvalue weighted by atomic mass is 10.2. The van der Waals surface area contributed by atoms with Crippen molar-refractivity contribution in [1.82, 2.24) is 20.2 Å². The second-order valence-corrected chi connectivity index (χ2v) is 6.29. The molecule has 0 saturated heterocycles. The number of carbonyl (C=O) groups is 2. The van der Waals surface area contributed by atoms with Crippen molar-refractivity contribution in [3.8, 4) is 0 Å². The largest absolute Gasteiger partial charge is 0.356 e. The number of nitrogens with zero attached hydrogens (tertiary/aromatic N) is 2. The predicted molar refractivity (Wildman–Crippen MR) is 99.3 cm³/mol. The van der Waals surface area contributed by atoms with E-state index >= 15 is 0 Å². The second-order valence-electron chi connectivity index (χ2n) is 6.29. The van der Waals surface area contributed by atoms with Gasteiger partial charge in [-0.3, -0.25) is 9.59 Å². The first-order valence-electron chi connectivity index (χ1n) is 9.05. The van der Waals surface area contributed by atoms with Gasteiger partial charge in [-0.25, -0.2) is 4.98 Å². The van der Waals surface area contributed by atoms with Crippen LogP contribution in [0, 0.1) is 0 Å². The summed E-state index contributed by atoms with van der Waals surface area (Å²) in [5.41, 5.74) is 1.86. The zero-order valence-corrected chi connectivity index (χ0v) is 15.3. The van der Waals surface area contributed by atoms with Gasteiger partial charge in [0, 0.05) is 25.4 Å². The molecule has 25 heavy (non-hydrogen) atoms. The molecule has 0 fully saturated rings. The number of rotatable bonds is 9. The summed E-state index contributed by atoms with van der Waals surface area (Å²) < 4.78 is 1.98. The molecule has 2 amide bonds. The highest BCUT2D eigenvalue weighted by Crippen LogP contribution is 2.17. The summed E-state index contributed by atoms with van der Waals surface area (Å²) in [5.74, 6) is 0.936. The van der Waals surface area contributed by atoms with Gasteiger partial charge >= 0.3 is 0 Å². The van der Waals surface area contributed by atoms with Crippen LogP contribution >= 0.6 is 0 Å². The molecule has 0 saturated carbocycles. The predicted octanol–water partition coefficient (Wildman–Crippen LogP) is 2.41. The van der Waals surface area contributed by atoms with Gasteiger partial charge in [0.1, 0.15) is 12.4 Å². The normalized spacial score (nSPS) is 12.1. The van der Waals surface area contributed by atoms with Gasteiger partial charge in [0.05, 0.1) is 11.0 Å². The highest BCUT2D eigenvalue weighted by Gasteiger charge is 2.14. The maximum Gasteiger partial charge on any atom is 0.240 e. The molecule has 1 atom stereocenters. The third-order valence-corrected chi connectivity index (χ3v) is 4.28. The number of aromatic nitrogens is 2. The first-order valence-corrected chi connectivity index (χ1v) is 9.05. The molecular formula is C19H28N4O2. The van der Waals surface area contributed by atoms with Crippen LogP contribution in [0.3, 0.4) is 0 Å². The lowest BCUT2D eigenvalue weighted by Gasteiger charge is -2.14. The minimum Gasteiger partial charge on any atom is -0.356 e. The number of benzene rings is 1. The third kappa shape index (κ3) is 5.31.